The number of imidazole rings is 1. The number of hydrogen-bond donors (Lipinski definition) is 2. The summed E-state index contributed by atoms with van der Waals surface area (Å²) < 4.78 is 25.4. The highest BCUT2D eigenvalue weighted by Crippen LogP contribution is 2.27. The van der Waals surface area contributed by atoms with Crippen molar-refractivity contribution in [2.45, 2.75) is 49.7 Å². The van der Waals surface area contributed by atoms with Crippen LogP contribution in [-0.2, 0) is 21.4 Å². The first-order valence-electron chi connectivity index (χ1n) is 10.3. The number of unbranched alkanes of at least 4 members (excludes halogenated alkanes) is 1. The number of ketones is 1. The molecule has 3 aromatic rings. The van der Waals surface area contributed by atoms with Gasteiger partial charge >= 0.3 is 0 Å². The molecule has 0 aliphatic heterocycles. The molecule has 0 saturated carbocycles. The summed E-state index contributed by atoms with van der Waals surface area (Å²) in [6.45, 7) is 4.57. The molecule has 8 nitrogen and oxygen atoms in total. The summed E-state index contributed by atoms with van der Waals surface area (Å²) >= 11 is 1.31. The lowest BCUT2D eigenvalue weighted by Gasteiger charge is -2.08. The second-order valence-corrected chi connectivity index (χ2v) is 9.79. The maximum absolute atomic E-state index is 12.7. The maximum Gasteiger partial charge on any atom is 0.238 e. The van der Waals surface area contributed by atoms with E-state index in [-0.39, 0.29) is 22.3 Å². The van der Waals surface area contributed by atoms with E-state index in [2.05, 4.69) is 17.2 Å². The largest absolute Gasteiger partial charge is 0.326 e. The van der Waals surface area contributed by atoms with Gasteiger partial charge in [-0.2, -0.15) is 0 Å². The van der Waals surface area contributed by atoms with Gasteiger partial charge in [0.1, 0.15) is 0 Å². The summed E-state index contributed by atoms with van der Waals surface area (Å²) in [5.74, 6) is 0.0249. The van der Waals surface area contributed by atoms with Crippen LogP contribution >= 0.6 is 11.8 Å². The highest BCUT2D eigenvalue weighted by Gasteiger charge is 2.16. The van der Waals surface area contributed by atoms with Crippen molar-refractivity contribution in [1.82, 2.24) is 9.55 Å². The number of Topliss-reactive ketones (excluding diaryl/α,β-unsaturated/α-hetero) is 1. The highest BCUT2D eigenvalue weighted by atomic mass is 32.2. The minimum atomic E-state index is -3.83. The molecule has 0 aliphatic carbocycles. The number of aromatic nitrogens is 2. The predicted molar refractivity (Wildman–Crippen MR) is 126 cm³/mol. The van der Waals surface area contributed by atoms with E-state index >= 15 is 0 Å². The van der Waals surface area contributed by atoms with Crippen LogP contribution in [0.5, 0.6) is 0 Å². The fourth-order valence-electron chi connectivity index (χ4n) is 3.11. The summed E-state index contributed by atoms with van der Waals surface area (Å²) in [5.41, 5.74) is 2.52. The molecule has 0 spiro atoms. The normalized spacial score (nSPS) is 11.6. The molecule has 1 amide bonds. The molecule has 10 heteroatoms. The fourth-order valence-corrected chi connectivity index (χ4v) is 4.58. The Morgan fingerprint density at radius 3 is 2.47 bits per heavy atom. The van der Waals surface area contributed by atoms with E-state index in [4.69, 9.17) is 5.14 Å². The van der Waals surface area contributed by atoms with Gasteiger partial charge in [-0.25, -0.2) is 18.5 Å². The van der Waals surface area contributed by atoms with Crippen LogP contribution in [0.3, 0.4) is 0 Å². The quantitative estimate of drug-likeness (QED) is 0.340. The minimum absolute atomic E-state index is 0.00743. The van der Waals surface area contributed by atoms with Gasteiger partial charge < -0.3 is 9.88 Å². The topological polar surface area (TPSA) is 124 Å². The smallest absolute Gasteiger partial charge is 0.238 e. The highest BCUT2D eigenvalue weighted by molar-refractivity contribution is 7.99. The van der Waals surface area contributed by atoms with Crippen molar-refractivity contribution in [3.63, 3.8) is 0 Å². The first kappa shape index (κ1) is 24.0. The number of carbonyl (C=O) groups is 2. The Labute approximate surface area is 191 Å². The second kappa shape index (κ2) is 10.3. The molecular weight excluding hydrogens is 448 g/mol. The Morgan fingerprint density at radius 2 is 1.84 bits per heavy atom. The van der Waals surface area contributed by atoms with Crippen molar-refractivity contribution in [2.75, 3.05) is 11.1 Å². The summed E-state index contributed by atoms with van der Waals surface area (Å²) in [6.07, 6.45) is 2.29. The van der Waals surface area contributed by atoms with E-state index in [0.717, 1.165) is 18.4 Å². The van der Waals surface area contributed by atoms with Crippen LogP contribution < -0.4 is 10.5 Å². The molecule has 0 bridgehead atoms. The zero-order valence-corrected chi connectivity index (χ0v) is 19.6. The van der Waals surface area contributed by atoms with Crippen LogP contribution in [0.25, 0.3) is 11.0 Å². The number of nitrogens with two attached hydrogens (primary N) is 1. The van der Waals surface area contributed by atoms with Crippen LogP contribution in [0.15, 0.2) is 52.5 Å². The van der Waals surface area contributed by atoms with Gasteiger partial charge in [0.25, 0.3) is 0 Å². The Balaban J connectivity index is 1.79. The average molecular weight is 475 g/mol. The summed E-state index contributed by atoms with van der Waals surface area (Å²) in [7, 11) is -3.83. The van der Waals surface area contributed by atoms with E-state index in [1.165, 1.54) is 23.9 Å². The molecule has 0 saturated heterocycles. The van der Waals surface area contributed by atoms with E-state index < -0.39 is 10.0 Å². The Bertz CT molecular complexity index is 1230. The summed E-state index contributed by atoms with van der Waals surface area (Å²) in [6, 6.07) is 11.4. The molecule has 1 heterocycles. The van der Waals surface area contributed by atoms with Gasteiger partial charge in [0, 0.05) is 24.2 Å². The second-order valence-electron chi connectivity index (χ2n) is 7.29. The number of primary sulfonamides is 1. The number of sulfonamides is 1. The van der Waals surface area contributed by atoms with Crippen LogP contribution in [0.4, 0.5) is 5.69 Å². The summed E-state index contributed by atoms with van der Waals surface area (Å²) in [5, 5.41) is 8.65. The zero-order valence-electron chi connectivity index (χ0n) is 18.0. The molecule has 0 unspecified atom stereocenters. The molecule has 2 aromatic carbocycles. The van der Waals surface area contributed by atoms with Crippen molar-refractivity contribution < 1.29 is 18.0 Å². The number of thioether (sulfide) groups is 1. The molecule has 170 valence electrons. The predicted octanol–water partition coefficient (Wildman–Crippen LogP) is 3.81. The SMILES string of the molecule is CCCCn1c(SCC(=O)c2ccc(NC(=O)CC)cc2)nc2cc(S(N)(=O)=O)ccc21. The van der Waals surface area contributed by atoms with Crippen molar-refractivity contribution in [1.29, 1.82) is 0 Å². The minimum Gasteiger partial charge on any atom is -0.326 e. The number of rotatable bonds is 10. The number of fused-ring (bicyclic) bond motifs is 1. The zero-order chi connectivity index (χ0) is 23.3. The number of aryl methyl sites for hydroxylation is 1. The van der Waals surface area contributed by atoms with E-state index in [1.807, 2.05) is 4.57 Å². The van der Waals surface area contributed by atoms with Gasteiger partial charge in [0.05, 0.1) is 21.7 Å². The van der Waals surface area contributed by atoms with Gasteiger partial charge in [-0.15, -0.1) is 0 Å². The van der Waals surface area contributed by atoms with E-state index in [1.54, 1.807) is 37.3 Å². The molecule has 0 atom stereocenters. The molecule has 1 aromatic heterocycles. The number of anilines is 1. The van der Waals surface area contributed by atoms with Gasteiger partial charge in [0.15, 0.2) is 10.9 Å². The lowest BCUT2D eigenvalue weighted by molar-refractivity contribution is -0.115. The third-order valence-electron chi connectivity index (χ3n) is 4.89. The van der Waals surface area contributed by atoms with Crippen LogP contribution in [-0.4, -0.2) is 35.4 Å². The molecule has 0 aliphatic rings. The standard InChI is InChI=1S/C22H26N4O4S2/c1-3-5-12-26-19-11-10-17(32(23,29)30)13-18(19)25-22(26)31-14-20(27)15-6-8-16(9-7-15)24-21(28)4-2/h6-11,13H,3-5,12,14H2,1-2H3,(H,24,28)(H2,23,29,30). The van der Waals surface area contributed by atoms with Gasteiger partial charge in [-0.1, -0.05) is 32.0 Å². The van der Waals surface area contributed by atoms with Crippen molar-refractivity contribution in [2.24, 2.45) is 5.14 Å². The number of benzene rings is 2. The number of carbonyl (C=O) groups excluding carboxylic acids is 2. The number of hydrogen-bond acceptors (Lipinski definition) is 6. The van der Waals surface area contributed by atoms with Gasteiger partial charge in [0.2, 0.25) is 15.9 Å². The molecular formula is C22H26N4O4S2. The number of nitrogens with one attached hydrogen (secondary N) is 1. The fraction of sp³-hybridized carbons (Fsp3) is 0.318. The van der Waals surface area contributed by atoms with Crippen molar-refractivity contribution in [3.05, 3.63) is 48.0 Å². The average Bonchev–Trinajstić information content (AvgIpc) is 3.12. The van der Waals surface area contributed by atoms with Crippen molar-refractivity contribution in [3.8, 4) is 0 Å². The first-order chi connectivity index (χ1) is 15.2. The Kier molecular flexibility index (Phi) is 7.70. The molecule has 3 N–H and O–H groups in total. The monoisotopic (exact) mass is 474 g/mol. The van der Waals surface area contributed by atoms with E-state index in [9.17, 15) is 18.0 Å². The number of nitrogens with zero attached hydrogens (tertiary/aromatic N) is 2. The molecule has 0 fully saturated rings. The number of amides is 1. The Hall–Kier alpha value is -2.69. The summed E-state index contributed by atoms with van der Waals surface area (Å²) in [4.78, 5) is 28.8. The molecule has 0 radical (unpaired) electrons. The van der Waals surface area contributed by atoms with Crippen molar-refractivity contribution >= 4 is 50.2 Å². The van der Waals surface area contributed by atoms with E-state index in [0.29, 0.717) is 34.9 Å². The Morgan fingerprint density at radius 1 is 1.12 bits per heavy atom. The molecule has 3 rings (SSSR count). The third kappa shape index (κ3) is 5.76. The maximum atomic E-state index is 12.7. The first-order valence-corrected chi connectivity index (χ1v) is 12.8. The lowest BCUT2D eigenvalue weighted by Crippen LogP contribution is -2.11. The third-order valence-corrected chi connectivity index (χ3v) is 6.78. The van der Waals surface area contributed by atoms with Crippen LogP contribution in [0.2, 0.25) is 0 Å². The lowest BCUT2D eigenvalue weighted by atomic mass is 10.1. The van der Waals surface area contributed by atoms with Crippen LogP contribution in [0.1, 0.15) is 43.5 Å². The van der Waals surface area contributed by atoms with Crippen LogP contribution in [0, 0.1) is 0 Å². The molecule has 32 heavy (non-hydrogen) atoms. The van der Waals surface area contributed by atoms with Gasteiger partial charge in [-0.3, -0.25) is 9.59 Å². The van der Waals surface area contributed by atoms with Gasteiger partial charge in [-0.05, 0) is 48.9 Å².